The first-order chi connectivity index (χ1) is 8.51. The normalized spacial score (nSPS) is 10.6. The first-order valence-electron chi connectivity index (χ1n) is 5.69. The molecule has 3 nitrogen and oxygen atoms in total. The number of hydrogen-bond donors (Lipinski definition) is 0. The fourth-order valence-corrected chi connectivity index (χ4v) is 2.05. The summed E-state index contributed by atoms with van der Waals surface area (Å²) in [6, 6.07) is 5.66. The van der Waals surface area contributed by atoms with Crippen molar-refractivity contribution in [1.82, 2.24) is 0 Å². The van der Waals surface area contributed by atoms with Gasteiger partial charge in [-0.2, -0.15) is 0 Å². The molecular formula is C13H17Cl2NO2. The van der Waals surface area contributed by atoms with Crippen LogP contribution in [0.25, 0.3) is 0 Å². The van der Waals surface area contributed by atoms with E-state index in [0.717, 1.165) is 5.56 Å². The van der Waals surface area contributed by atoms with Crippen LogP contribution in [0.1, 0.15) is 19.4 Å². The molecule has 1 amide bonds. The third-order valence-corrected chi connectivity index (χ3v) is 2.84. The van der Waals surface area contributed by atoms with Crippen LogP contribution in [-0.4, -0.2) is 23.9 Å². The third kappa shape index (κ3) is 3.53. The molecule has 0 spiro atoms. The van der Waals surface area contributed by atoms with E-state index in [1.54, 1.807) is 0 Å². The lowest BCUT2D eigenvalue weighted by atomic mass is 10.1. The second-order valence-electron chi connectivity index (χ2n) is 4.16. The van der Waals surface area contributed by atoms with Crippen LogP contribution in [0, 0.1) is 6.92 Å². The number of carbonyl (C=O) groups excluding carboxylic acids is 1. The van der Waals surface area contributed by atoms with Crippen molar-refractivity contribution in [1.29, 1.82) is 0 Å². The Balaban J connectivity index is 3.22. The minimum absolute atomic E-state index is 0.0221. The number of halogens is 2. The molecule has 0 aliphatic rings. The van der Waals surface area contributed by atoms with Crippen molar-refractivity contribution in [2.45, 2.75) is 26.9 Å². The first kappa shape index (κ1) is 15.1. The van der Waals surface area contributed by atoms with E-state index in [2.05, 4.69) is 0 Å². The van der Waals surface area contributed by atoms with Gasteiger partial charge in [-0.25, -0.2) is 0 Å². The first-order valence-corrected chi connectivity index (χ1v) is 6.76. The number of hydrogen-bond acceptors (Lipinski definition) is 2. The lowest BCUT2D eigenvalue weighted by Gasteiger charge is -2.24. The molecule has 1 aromatic rings. The highest BCUT2D eigenvalue weighted by Crippen LogP contribution is 2.33. The molecule has 0 saturated heterocycles. The molecule has 0 heterocycles. The van der Waals surface area contributed by atoms with Crippen LogP contribution < -0.4 is 9.64 Å². The average Bonchev–Trinajstić information content (AvgIpc) is 2.32. The predicted molar refractivity (Wildman–Crippen MR) is 75.9 cm³/mol. The van der Waals surface area contributed by atoms with Crippen molar-refractivity contribution in [2.75, 3.05) is 16.8 Å². The molecular weight excluding hydrogens is 273 g/mol. The highest BCUT2D eigenvalue weighted by atomic mass is 35.5. The molecule has 0 aromatic heterocycles. The molecule has 0 aliphatic carbocycles. The second-order valence-corrected chi connectivity index (χ2v) is 4.67. The Morgan fingerprint density at radius 1 is 1.39 bits per heavy atom. The van der Waals surface area contributed by atoms with Gasteiger partial charge in [0.15, 0.2) is 0 Å². The van der Waals surface area contributed by atoms with Gasteiger partial charge in [0.25, 0.3) is 0 Å². The zero-order chi connectivity index (χ0) is 13.7. The summed E-state index contributed by atoms with van der Waals surface area (Å²) < 4.78 is 5.71. The summed E-state index contributed by atoms with van der Waals surface area (Å²) >= 11 is 11.4. The summed E-state index contributed by atoms with van der Waals surface area (Å²) in [7, 11) is 0. The number of para-hydroxylation sites is 1. The van der Waals surface area contributed by atoms with E-state index < -0.39 is 0 Å². The Morgan fingerprint density at radius 3 is 2.56 bits per heavy atom. The smallest absolute Gasteiger partial charge is 0.243 e. The van der Waals surface area contributed by atoms with Crippen LogP contribution >= 0.6 is 23.2 Å². The molecule has 0 saturated carbocycles. The van der Waals surface area contributed by atoms with E-state index >= 15 is 0 Å². The maximum atomic E-state index is 11.8. The Morgan fingerprint density at radius 2 is 2.06 bits per heavy atom. The topological polar surface area (TPSA) is 29.5 Å². The molecule has 1 rings (SSSR count). The molecule has 0 fully saturated rings. The molecule has 0 aliphatic heterocycles. The van der Waals surface area contributed by atoms with E-state index in [1.807, 2.05) is 39.0 Å². The number of amides is 1. The summed E-state index contributed by atoms with van der Waals surface area (Å²) in [6.07, 6.45) is 0.0221. The Kier molecular flexibility index (Phi) is 5.76. The SMILES string of the molecule is Cc1cccc(OC(C)C)c1N(CCl)C(=O)CCl. The molecule has 100 valence electrons. The van der Waals surface area contributed by atoms with Crippen molar-refractivity contribution in [3.63, 3.8) is 0 Å². The van der Waals surface area contributed by atoms with Crippen molar-refractivity contribution in [3.05, 3.63) is 23.8 Å². The monoisotopic (exact) mass is 289 g/mol. The largest absolute Gasteiger partial charge is 0.489 e. The van der Waals surface area contributed by atoms with Crippen LogP contribution in [0.3, 0.4) is 0 Å². The summed E-state index contributed by atoms with van der Waals surface area (Å²) in [6.45, 7) is 5.77. The van der Waals surface area contributed by atoms with Gasteiger partial charge in [-0.1, -0.05) is 12.1 Å². The summed E-state index contributed by atoms with van der Waals surface area (Å²) in [4.78, 5) is 13.2. The number of anilines is 1. The number of carbonyl (C=O) groups is 1. The van der Waals surface area contributed by atoms with Crippen LogP contribution in [0.2, 0.25) is 0 Å². The quantitative estimate of drug-likeness (QED) is 0.613. The zero-order valence-corrected chi connectivity index (χ0v) is 12.3. The van der Waals surface area contributed by atoms with Crippen molar-refractivity contribution < 1.29 is 9.53 Å². The zero-order valence-electron chi connectivity index (χ0n) is 10.7. The van der Waals surface area contributed by atoms with Crippen LogP contribution in [-0.2, 0) is 4.79 Å². The Hall–Kier alpha value is -0.930. The van der Waals surface area contributed by atoms with Gasteiger partial charge in [-0.3, -0.25) is 9.69 Å². The fourth-order valence-electron chi connectivity index (χ4n) is 1.65. The number of alkyl halides is 2. The standard InChI is InChI=1S/C13H17Cl2NO2/c1-9(2)18-11-6-4-5-10(3)13(11)16(8-15)12(17)7-14/h4-6,9H,7-8H2,1-3H3. The van der Waals surface area contributed by atoms with Crippen molar-refractivity contribution >= 4 is 34.8 Å². The summed E-state index contributed by atoms with van der Waals surface area (Å²) in [5, 5.41) is 0. The number of nitrogens with zero attached hydrogens (tertiary/aromatic N) is 1. The van der Waals surface area contributed by atoms with E-state index in [0.29, 0.717) is 11.4 Å². The van der Waals surface area contributed by atoms with Gasteiger partial charge in [0.2, 0.25) is 5.91 Å². The minimum atomic E-state index is -0.241. The molecule has 0 bridgehead atoms. The molecule has 1 aromatic carbocycles. The van der Waals surface area contributed by atoms with Gasteiger partial charge < -0.3 is 4.74 Å². The van der Waals surface area contributed by atoms with Gasteiger partial charge in [0.05, 0.1) is 11.8 Å². The molecule has 18 heavy (non-hydrogen) atoms. The Labute approximate surface area is 118 Å². The third-order valence-electron chi connectivity index (χ3n) is 2.37. The second kappa shape index (κ2) is 6.86. The number of ether oxygens (including phenoxy) is 1. The fraction of sp³-hybridized carbons (Fsp3) is 0.462. The van der Waals surface area contributed by atoms with E-state index in [9.17, 15) is 4.79 Å². The lowest BCUT2D eigenvalue weighted by molar-refractivity contribution is -0.116. The highest BCUT2D eigenvalue weighted by Gasteiger charge is 2.20. The summed E-state index contributed by atoms with van der Waals surface area (Å²) in [5.41, 5.74) is 1.61. The molecule has 0 N–H and O–H groups in total. The van der Waals surface area contributed by atoms with Crippen LogP contribution in [0.4, 0.5) is 5.69 Å². The van der Waals surface area contributed by atoms with E-state index in [1.165, 1.54) is 4.90 Å². The molecule has 0 atom stereocenters. The number of aryl methyl sites for hydroxylation is 1. The van der Waals surface area contributed by atoms with E-state index in [-0.39, 0.29) is 23.9 Å². The van der Waals surface area contributed by atoms with Gasteiger partial charge in [0, 0.05) is 0 Å². The molecule has 5 heteroatoms. The van der Waals surface area contributed by atoms with Gasteiger partial charge in [-0.15, -0.1) is 23.2 Å². The number of rotatable bonds is 5. The molecule has 0 unspecified atom stereocenters. The van der Waals surface area contributed by atoms with Crippen molar-refractivity contribution in [3.8, 4) is 5.75 Å². The number of benzene rings is 1. The maximum Gasteiger partial charge on any atom is 0.243 e. The minimum Gasteiger partial charge on any atom is -0.489 e. The van der Waals surface area contributed by atoms with Gasteiger partial charge >= 0.3 is 0 Å². The van der Waals surface area contributed by atoms with Gasteiger partial charge in [0.1, 0.15) is 17.6 Å². The lowest BCUT2D eigenvalue weighted by Crippen LogP contribution is -2.32. The van der Waals surface area contributed by atoms with Crippen LogP contribution in [0.5, 0.6) is 5.75 Å². The highest BCUT2D eigenvalue weighted by molar-refractivity contribution is 6.31. The molecule has 0 radical (unpaired) electrons. The maximum absolute atomic E-state index is 11.8. The van der Waals surface area contributed by atoms with E-state index in [4.69, 9.17) is 27.9 Å². The Bertz CT molecular complexity index is 421. The van der Waals surface area contributed by atoms with Crippen molar-refractivity contribution in [2.24, 2.45) is 0 Å². The predicted octanol–water partition coefficient (Wildman–Crippen LogP) is 3.55. The average molecular weight is 290 g/mol. The summed E-state index contributed by atoms with van der Waals surface area (Å²) in [5.74, 6) is 0.293. The van der Waals surface area contributed by atoms with Gasteiger partial charge in [-0.05, 0) is 32.4 Å². The van der Waals surface area contributed by atoms with Crippen LogP contribution in [0.15, 0.2) is 18.2 Å².